The summed E-state index contributed by atoms with van der Waals surface area (Å²) in [5.74, 6) is 11.8. The first-order valence-corrected chi connectivity index (χ1v) is 20.2. The van der Waals surface area contributed by atoms with E-state index >= 15 is 0 Å². The molecule has 0 aliphatic carbocycles. The SMILES string of the molecule is SC(S)(CCC1CS1)SC(CSCCSSCC1CS1)CSSCC1CS1. The van der Waals surface area contributed by atoms with E-state index in [2.05, 4.69) is 90.2 Å². The molecule has 4 unspecified atom stereocenters. The average molecular weight is 573 g/mol. The quantitative estimate of drug-likeness (QED) is 0.0569. The van der Waals surface area contributed by atoms with Gasteiger partial charge in [-0.2, -0.15) is 72.3 Å². The predicted molar refractivity (Wildman–Crippen MR) is 157 cm³/mol. The maximum absolute atomic E-state index is 4.91. The molecule has 0 bridgehead atoms. The van der Waals surface area contributed by atoms with Gasteiger partial charge in [-0.15, -0.1) is 11.8 Å². The molecule has 0 radical (unpaired) electrons. The van der Waals surface area contributed by atoms with Crippen LogP contribution in [-0.2, 0) is 0 Å². The Morgan fingerprint density at radius 1 is 0.815 bits per heavy atom. The third-order valence-electron chi connectivity index (χ3n) is 3.90. The molecule has 3 saturated heterocycles. The molecule has 0 amide bonds. The summed E-state index contributed by atoms with van der Waals surface area (Å²) in [6.07, 6.45) is 2.39. The normalized spacial score (nSPS) is 27.6. The molecule has 27 heavy (non-hydrogen) atoms. The van der Waals surface area contributed by atoms with E-state index in [1.165, 1.54) is 58.2 Å². The zero-order valence-electron chi connectivity index (χ0n) is 15.2. The number of hydrogen-bond donors (Lipinski definition) is 2. The first-order chi connectivity index (χ1) is 13.1. The molecule has 11 heteroatoms. The molecule has 0 aromatic rings. The second-order valence-electron chi connectivity index (χ2n) is 6.64. The summed E-state index contributed by atoms with van der Waals surface area (Å²) in [5, 5.41) is 3.45. The first kappa shape index (κ1) is 25.5. The minimum absolute atomic E-state index is 0.168. The van der Waals surface area contributed by atoms with E-state index < -0.39 is 0 Å². The van der Waals surface area contributed by atoms with Crippen molar-refractivity contribution in [1.29, 1.82) is 0 Å². The fraction of sp³-hybridized carbons (Fsp3) is 1.00. The van der Waals surface area contributed by atoms with E-state index in [0.717, 1.165) is 22.2 Å². The van der Waals surface area contributed by atoms with E-state index in [-0.39, 0.29) is 3.41 Å². The van der Waals surface area contributed by atoms with Crippen LogP contribution in [0.2, 0.25) is 0 Å². The molecule has 0 aromatic carbocycles. The zero-order chi connectivity index (χ0) is 19.0. The highest BCUT2D eigenvalue weighted by Gasteiger charge is 2.31. The van der Waals surface area contributed by atoms with Crippen LogP contribution in [-0.4, -0.2) is 76.2 Å². The van der Waals surface area contributed by atoms with Crippen LogP contribution in [0.1, 0.15) is 12.8 Å². The van der Waals surface area contributed by atoms with Crippen molar-refractivity contribution in [2.45, 2.75) is 37.3 Å². The summed E-state index contributed by atoms with van der Waals surface area (Å²) in [4.78, 5) is 0. The third-order valence-corrected chi connectivity index (χ3v) is 16.5. The van der Waals surface area contributed by atoms with Gasteiger partial charge in [0.1, 0.15) is 3.41 Å². The van der Waals surface area contributed by atoms with Gasteiger partial charge in [0.2, 0.25) is 0 Å². The zero-order valence-corrected chi connectivity index (χ0v) is 24.3. The summed E-state index contributed by atoms with van der Waals surface area (Å²) in [6, 6.07) is 0. The number of rotatable bonds is 18. The lowest BCUT2D eigenvalue weighted by Gasteiger charge is -2.27. The fourth-order valence-corrected chi connectivity index (χ4v) is 14.4. The number of thioether (sulfide) groups is 5. The highest BCUT2D eigenvalue weighted by molar-refractivity contribution is 8.77. The van der Waals surface area contributed by atoms with Crippen LogP contribution in [0, 0.1) is 0 Å². The molecular formula is C16H28S11. The van der Waals surface area contributed by atoms with Gasteiger partial charge in [0.15, 0.2) is 0 Å². The van der Waals surface area contributed by atoms with Crippen molar-refractivity contribution in [3.05, 3.63) is 0 Å². The second-order valence-corrected chi connectivity index (χ2v) is 21.1. The topological polar surface area (TPSA) is 0 Å². The van der Waals surface area contributed by atoms with Gasteiger partial charge in [-0.1, -0.05) is 43.2 Å². The van der Waals surface area contributed by atoms with Crippen LogP contribution in [0.15, 0.2) is 0 Å². The predicted octanol–water partition coefficient (Wildman–Crippen LogP) is 7.22. The van der Waals surface area contributed by atoms with Crippen LogP contribution in [0.3, 0.4) is 0 Å². The Balaban J connectivity index is 1.27. The van der Waals surface area contributed by atoms with Gasteiger partial charge in [-0.05, 0) is 12.8 Å². The van der Waals surface area contributed by atoms with Crippen molar-refractivity contribution >= 4 is 127 Å². The maximum atomic E-state index is 4.91. The first-order valence-electron chi connectivity index (χ1n) is 9.15. The van der Waals surface area contributed by atoms with Crippen molar-refractivity contribution in [3.8, 4) is 0 Å². The van der Waals surface area contributed by atoms with E-state index in [4.69, 9.17) is 25.3 Å². The monoisotopic (exact) mass is 572 g/mol. The molecule has 0 N–H and O–H groups in total. The smallest absolute Gasteiger partial charge is 0.101 e. The maximum Gasteiger partial charge on any atom is 0.101 e. The van der Waals surface area contributed by atoms with Gasteiger partial charge in [0, 0.05) is 72.8 Å². The van der Waals surface area contributed by atoms with Crippen LogP contribution >= 0.6 is 127 Å². The Labute approximate surface area is 213 Å². The van der Waals surface area contributed by atoms with Crippen LogP contribution < -0.4 is 0 Å². The molecule has 3 aliphatic rings. The minimum atomic E-state index is -0.168. The van der Waals surface area contributed by atoms with Crippen molar-refractivity contribution in [1.82, 2.24) is 0 Å². The summed E-state index contributed by atoms with van der Waals surface area (Å²) < 4.78 is -0.168. The summed E-state index contributed by atoms with van der Waals surface area (Å²) in [5.41, 5.74) is 0. The van der Waals surface area contributed by atoms with Crippen LogP contribution in [0.5, 0.6) is 0 Å². The fourth-order valence-electron chi connectivity index (χ4n) is 2.09. The van der Waals surface area contributed by atoms with Crippen molar-refractivity contribution in [3.63, 3.8) is 0 Å². The molecule has 0 aromatic heterocycles. The largest absolute Gasteiger partial charge is 0.160 e. The van der Waals surface area contributed by atoms with Crippen LogP contribution in [0.25, 0.3) is 0 Å². The summed E-state index contributed by atoms with van der Waals surface area (Å²) in [7, 11) is 8.29. The minimum Gasteiger partial charge on any atom is -0.160 e. The van der Waals surface area contributed by atoms with Gasteiger partial charge in [0.25, 0.3) is 0 Å². The number of hydrogen-bond acceptors (Lipinski definition) is 11. The van der Waals surface area contributed by atoms with Crippen molar-refractivity contribution in [2.24, 2.45) is 0 Å². The molecule has 0 spiro atoms. The van der Waals surface area contributed by atoms with E-state index in [0.29, 0.717) is 5.25 Å². The molecule has 0 nitrogen and oxygen atoms in total. The Morgan fingerprint density at radius 2 is 1.44 bits per heavy atom. The Morgan fingerprint density at radius 3 is 2.07 bits per heavy atom. The van der Waals surface area contributed by atoms with Crippen molar-refractivity contribution < 1.29 is 0 Å². The van der Waals surface area contributed by atoms with E-state index in [1.807, 2.05) is 11.8 Å². The Hall–Kier alpha value is 3.85. The Kier molecular flexibility index (Phi) is 13.4. The average Bonchev–Trinajstić information content (AvgIpc) is 3.45. The van der Waals surface area contributed by atoms with Gasteiger partial charge in [-0.25, -0.2) is 0 Å². The lowest BCUT2D eigenvalue weighted by Crippen LogP contribution is -2.20. The van der Waals surface area contributed by atoms with Gasteiger partial charge in [-0.3, -0.25) is 0 Å². The Bertz CT molecular complexity index is 409. The highest BCUT2D eigenvalue weighted by atomic mass is 33.1. The standard InChI is InChI=1S/C16H28S11/c17-16(18,2-1-12-6-20-12)27-15(11-26-25-10-14-8-22-14)5-19-3-4-23-24-9-13-7-21-13/h12-15,17-18H,1-11H2. The van der Waals surface area contributed by atoms with E-state index in [1.54, 1.807) is 0 Å². The molecule has 3 fully saturated rings. The third kappa shape index (κ3) is 13.9. The molecule has 158 valence electrons. The molecule has 3 heterocycles. The van der Waals surface area contributed by atoms with Gasteiger partial charge < -0.3 is 0 Å². The molecule has 3 rings (SSSR count). The second kappa shape index (κ2) is 14.2. The molecule has 4 atom stereocenters. The molecule has 3 aliphatic heterocycles. The van der Waals surface area contributed by atoms with E-state index in [9.17, 15) is 0 Å². The van der Waals surface area contributed by atoms with Crippen LogP contribution in [0.4, 0.5) is 0 Å². The number of thiol groups is 2. The highest BCUT2D eigenvalue weighted by Crippen LogP contribution is 2.46. The summed E-state index contributed by atoms with van der Waals surface area (Å²) in [6.45, 7) is 0. The molecular weight excluding hydrogens is 545 g/mol. The lowest BCUT2D eigenvalue weighted by molar-refractivity contribution is 0.799. The summed E-state index contributed by atoms with van der Waals surface area (Å²) >= 11 is 20.3. The lowest BCUT2D eigenvalue weighted by atomic mass is 10.3. The molecule has 0 saturated carbocycles. The van der Waals surface area contributed by atoms with Gasteiger partial charge >= 0.3 is 0 Å². The van der Waals surface area contributed by atoms with Gasteiger partial charge in [0.05, 0.1) is 0 Å². The van der Waals surface area contributed by atoms with Crippen molar-refractivity contribution in [2.75, 3.05) is 51.8 Å².